The number of nitrogens with zero attached hydrogens (tertiary/aromatic N) is 1. The molecule has 0 bridgehead atoms. The maximum absolute atomic E-state index is 13.3. The number of carbonyl (C=O) groups excluding carboxylic acids is 2. The van der Waals surface area contributed by atoms with E-state index in [4.69, 9.17) is 23.2 Å². The van der Waals surface area contributed by atoms with Gasteiger partial charge >= 0.3 is 0 Å². The van der Waals surface area contributed by atoms with Gasteiger partial charge in [0.1, 0.15) is 6.04 Å². The van der Waals surface area contributed by atoms with Crippen molar-refractivity contribution in [2.24, 2.45) is 0 Å². The maximum atomic E-state index is 13.3. The van der Waals surface area contributed by atoms with Crippen molar-refractivity contribution in [2.45, 2.75) is 63.4 Å². The van der Waals surface area contributed by atoms with Gasteiger partial charge in [0.2, 0.25) is 11.8 Å². The van der Waals surface area contributed by atoms with Crippen molar-refractivity contribution in [1.29, 1.82) is 0 Å². The summed E-state index contributed by atoms with van der Waals surface area (Å²) in [4.78, 5) is 27.9. The molecule has 2 amide bonds. The zero-order valence-corrected chi connectivity index (χ0v) is 22.6. The molecule has 0 saturated heterocycles. The summed E-state index contributed by atoms with van der Waals surface area (Å²) in [6, 6.07) is 12.9. The third-order valence-electron chi connectivity index (χ3n) is 5.88. The van der Waals surface area contributed by atoms with E-state index in [1.54, 1.807) is 24.0 Å². The minimum absolute atomic E-state index is 0.0885. The van der Waals surface area contributed by atoms with Gasteiger partial charge in [0.15, 0.2) is 0 Å². The molecule has 1 fully saturated rings. The average Bonchev–Trinajstić information content (AvgIpc) is 2.80. The normalized spacial score (nSPS) is 15.2. The molecule has 0 spiro atoms. The Hall–Kier alpha value is -1.21. The highest BCUT2D eigenvalue weighted by atomic mass is 79.9. The summed E-state index contributed by atoms with van der Waals surface area (Å²) in [6.45, 7) is 2.05. The van der Waals surface area contributed by atoms with Crippen LogP contribution < -0.4 is 5.32 Å². The van der Waals surface area contributed by atoms with E-state index in [2.05, 4.69) is 21.2 Å². The van der Waals surface area contributed by atoms with E-state index in [-0.39, 0.29) is 30.2 Å². The SMILES string of the molecule is CC(C(=O)NC1CCCCC1)N(Cc1ccc(Cl)cc1Cl)C(=O)CSCc1ccc(Br)cc1. The molecule has 2 aromatic carbocycles. The van der Waals surface area contributed by atoms with Crippen LogP contribution in [0.2, 0.25) is 10.0 Å². The Bertz CT molecular complexity index is 952. The third-order valence-corrected chi connectivity index (χ3v) is 7.99. The van der Waals surface area contributed by atoms with Crippen molar-refractivity contribution < 1.29 is 9.59 Å². The van der Waals surface area contributed by atoms with Gasteiger partial charge in [0, 0.05) is 32.9 Å². The third kappa shape index (κ3) is 8.20. The van der Waals surface area contributed by atoms with Gasteiger partial charge < -0.3 is 10.2 Å². The maximum Gasteiger partial charge on any atom is 0.242 e. The molecule has 3 rings (SSSR count). The Balaban J connectivity index is 1.68. The van der Waals surface area contributed by atoms with Crippen LogP contribution in [0.15, 0.2) is 46.9 Å². The number of halogens is 3. The molecular weight excluding hydrogens is 543 g/mol. The Morgan fingerprint density at radius 2 is 1.82 bits per heavy atom. The van der Waals surface area contributed by atoms with Gasteiger partial charge in [0.25, 0.3) is 0 Å². The Kier molecular flexibility index (Phi) is 10.4. The molecule has 0 radical (unpaired) electrons. The number of hydrogen-bond acceptors (Lipinski definition) is 3. The number of amides is 2. The van der Waals surface area contributed by atoms with Crippen LogP contribution in [0.3, 0.4) is 0 Å². The minimum Gasteiger partial charge on any atom is -0.352 e. The fourth-order valence-electron chi connectivity index (χ4n) is 3.90. The highest BCUT2D eigenvalue weighted by molar-refractivity contribution is 9.10. The zero-order valence-electron chi connectivity index (χ0n) is 18.7. The predicted octanol–water partition coefficient (Wildman–Crippen LogP) is 6.86. The summed E-state index contributed by atoms with van der Waals surface area (Å²) < 4.78 is 1.02. The lowest BCUT2D eigenvalue weighted by molar-refractivity contribution is -0.139. The highest BCUT2D eigenvalue weighted by Gasteiger charge is 2.28. The molecule has 1 N–H and O–H groups in total. The first kappa shape index (κ1) is 26.4. The van der Waals surface area contributed by atoms with Crippen molar-refractivity contribution in [2.75, 3.05) is 5.75 Å². The van der Waals surface area contributed by atoms with Crippen molar-refractivity contribution >= 4 is 62.7 Å². The monoisotopic (exact) mass is 570 g/mol. The van der Waals surface area contributed by atoms with Gasteiger partial charge in [-0.1, -0.05) is 76.6 Å². The molecule has 8 heteroatoms. The molecule has 0 heterocycles. The summed E-state index contributed by atoms with van der Waals surface area (Å²) in [7, 11) is 0. The lowest BCUT2D eigenvalue weighted by Gasteiger charge is -2.31. The molecule has 1 aliphatic rings. The summed E-state index contributed by atoms with van der Waals surface area (Å²) in [6.07, 6.45) is 5.48. The first-order chi connectivity index (χ1) is 15.8. The molecule has 4 nitrogen and oxygen atoms in total. The molecule has 1 atom stereocenters. The minimum atomic E-state index is -0.598. The number of rotatable bonds is 9. The highest BCUT2D eigenvalue weighted by Crippen LogP contribution is 2.24. The second-order valence-electron chi connectivity index (χ2n) is 8.40. The summed E-state index contributed by atoms with van der Waals surface area (Å²) >= 11 is 17.4. The van der Waals surface area contributed by atoms with E-state index in [9.17, 15) is 9.59 Å². The summed E-state index contributed by atoms with van der Waals surface area (Å²) in [5, 5.41) is 4.18. The van der Waals surface area contributed by atoms with Gasteiger partial charge in [0.05, 0.1) is 5.75 Å². The van der Waals surface area contributed by atoms with Gasteiger partial charge in [-0.15, -0.1) is 11.8 Å². The van der Waals surface area contributed by atoms with Gasteiger partial charge in [-0.3, -0.25) is 9.59 Å². The smallest absolute Gasteiger partial charge is 0.242 e. The van der Waals surface area contributed by atoms with Crippen molar-refractivity contribution in [1.82, 2.24) is 10.2 Å². The second-order valence-corrected chi connectivity index (χ2v) is 11.1. The number of thioether (sulfide) groups is 1. The molecule has 178 valence electrons. The summed E-state index contributed by atoms with van der Waals surface area (Å²) in [5.41, 5.74) is 1.91. The summed E-state index contributed by atoms with van der Waals surface area (Å²) in [5.74, 6) is 0.798. The molecular formula is C25H29BrCl2N2O2S. The van der Waals surface area contributed by atoms with Gasteiger partial charge in [-0.25, -0.2) is 0 Å². The molecule has 2 aromatic rings. The van der Waals surface area contributed by atoms with E-state index < -0.39 is 6.04 Å². The average molecular weight is 572 g/mol. The Morgan fingerprint density at radius 3 is 2.48 bits per heavy atom. The first-order valence-corrected chi connectivity index (χ1v) is 13.9. The van der Waals surface area contributed by atoms with Crippen LogP contribution in [-0.2, 0) is 21.9 Å². The van der Waals surface area contributed by atoms with Crippen LogP contribution in [0, 0.1) is 0 Å². The Morgan fingerprint density at radius 1 is 1.12 bits per heavy atom. The lowest BCUT2D eigenvalue weighted by Crippen LogP contribution is -2.50. The number of benzene rings is 2. The molecule has 1 aliphatic carbocycles. The second kappa shape index (κ2) is 13.0. The van der Waals surface area contributed by atoms with Crippen LogP contribution in [-0.4, -0.2) is 34.6 Å². The van der Waals surface area contributed by atoms with Gasteiger partial charge in [-0.05, 0) is 55.2 Å². The van der Waals surface area contributed by atoms with E-state index in [1.807, 2.05) is 30.3 Å². The number of carbonyl (C=O) groups is 2. The fraction of sp³-hybridized carbons (Fsp3) is 0.440. The van der Waals surface area contributed by atoms with Crippen LogP contribution in [0.5, 0.6) is 0 Å². The fourth-order valence-corrected chi connectivity index (χ4v) is 5.51. The number of hydrogen-bond donors (Lipinski definition) is 1. The molecule has 33 heavy (non-hydrogen) atoms. The molecule has 1 saturated carbocycles. The first-order valence-electron chi connectivity index (χ1n) is 11.2. The van der Waals surface area contributed by atoms with Crippen LogP contribution in [0.1, 0.15) is 50.2 Å². The van der Waals surface area contributed by atoms with Crippen molar-refractivity contribution in [3.8, 4) is 0 Å². The quantitative estimate of drug-likeness (QED) is 0.358. The topological polar surface area (TPSA) is 49.4 Å². The number of nitrogens with one attached hydrogen (secondary N) is 1. The largest absolute Gasteiger partial charge is 0.352 e. The zero-order chi connectivity index (χ0) is 23.8. The lowest BCUT2D eigenvalue weighted by atomic mass is 9.95. The molecule has 1 unspecified atom stereocenters. The van der Waals surface area contributed by atoms with Crippen LogP contribution in [0.4, 0.5) is 0 Å². The van der Waals surface area contributed by atoms with Crippen molar-refractivity contribution in [3.05, 3.63) is 68.1 Å². The molecule has 0 aromatic heterocycles. The van der Waals surface area contributed by atoms with Crippen LogP contribution >= 0.6 is 50.9 Å². The van der Waals surface area contributed by atoms with Crippen LogP contribution in [0.25, 0.3) is 0 Å². The van der Waals surface area contributed by atoms with E-state index in [1.165, 1.54) is 18.2 Å². The predicted molar refractivity (Wildman–Crippen MR) is 142 cm³/mol. The van der Waals surface area contributed by atoms with Crippen molar-refractivity contribution in [3.63, 3.8) is 0 Å². The Labute approximate surface area is 218 Å². The van der Waals surface area contributed by atoms with E-state index >= 15 is 0 Å². The van der Waals surface area contributed by atoms with E-state index in [0.29, 0.717) is 10.0 Å². The molecule has 0 aliphatic heterocycles. The van der Waals surface area contributed by atoms with Gasteiger partial charge in [-0.2, -0.15) is 0 Å². The van der Waals surface area contributed by atoms with E-state index in [0.717, 1.165) is 47.0 Å². The standard InChI is InChI=1S/C25H29BrCl2N2O2S/c1-17(25(32)29-22-5-3-2-4-6-22)30(14-19-9-12-21(27)13-23(19)28)24(31)16-33-15-18-7-10-20(26)11-8-18/h7-13,17,22H,2-6,14-16H2,1H3,(H,29,32).